The molecule has 0 aliphatic carbocycles. The van der Waals surface area contributed by atoms with Crippen molar-refractivity contribution < 1.29 is 0 Å². The highest BCUT2D eigenvalue weighted by Gasteiger charge is 1.85. The molecule has 1 atom stereocenters. The van der Waals surface area contributed by atoms with Crippen LogP contribution in [0.25, 0.3) is 0 Å². The van der Waals surface area contributed by atoms with Crippen LogP contribution < -0.4 is 0 Å². The summed E-state index contributed by atoms with van der Waals surface area (Å²) in [5.74, 6) is 0. The molecule has 0 aromatic rings. The van der Waals surface area contributed by atoms with Crippen molar-refractivity contribution in [3.8, 4) is 0 Å². The summed E-state index contributed by atoms with van der Waals surface area (Å²) in [6.45, 7) is 2.34. The van der Waals surface area contributed by atoms with Crippen molar-refractivity contribution in [2.45, 2.75) is 24.9 Å². The molecule has 6 heavy (non-hydrogen) atoms. The summed E-state index contributed by atoms with van der Waals surface area (Å²) in [4.78, 5) is 0. The summed E-state index contributed by atoms with van der Waals surface area (Å²) >= 11 is 0. The van der Waals surface area contributed by atoms with Crippen LogP contribution in [0.15, 0.2) is 0 Å². The van der Waals surface area contributed by atoms with Crippen LogP contribution in [-0.2, 0) is 0 Å². The summed E-state index contributed by atoms with van der Waals surface area (Å²) in [5, 5.41) is 0. The van der Waals surface area contributed by atoms with Crippen LogP contribution in [0.4, 0.5) is 0 Å². The van der Waals surface area contributed by atoms with Gasteiger partial charge >= 0.3 is 0 Å². The smallest absolute Gasteiger partial charge is 0.00636 e. The van der Waals surface area contributed by atoms with Crippen molar-refractivity contribution in [3.05, 3.63) is 0 Å². The van der Waals surface area contributed by atoms with Crippen molar-refractivity contribution >= 4 is 20.5 Å². The van der Waals surface area contributed by atoms with E-state index in [1.807, 2.05) is 0 Å². The normalized spacial score (nSPS) is 15.5. The fraction of sp³-hybridized carbons (Fsp3) is 1.00. The molecule has 0 amide bonds. The van der Waals surface area contributed by atoms with E-state index in [1.165, 1.54) is 32.9 Å². The Labute approximate surface area is 46.2 Å². The highest BCUT2D eigenvalue weighted by atomic mass is 28.1. The van der Waals surface area contributed by atoms with E-state index in [4.69, 9.17) is 0 Å². The lowest BCUT2D eigenvalue weighted by Crippen LogP contribution is -1.82. The van der Waals surface area contributed by atoms with E-state index in [-0.39, 0.29) is 0 Å². The van der Waals surface area contributed by atoms with Crippen molar-refractivity contribution in [1.29, 1.82) is 0 Å². The molecule has 0 saturated carbocycles. The summed E-state index contributed by atoms with van der Waals surface area (Å²) in [6, 6.07) is 1.50. The monoisotopic (exact) mass is 118 g/mol. The van der Waals surface area contributed by atoms with Crippen molar-refractivity contribution in [2.24, 2.45) is 0 Å². The third-order valence-corrected chi connectivity index (χ3v) is 2.02. The van der Waals surface area contributed by atoms with Crippen LogP contribution in [0.2, 0.25) is 11.6 Å². The SMILES string of the molecule is CC([SiH3])CC[SiH3]. The zero-order chi connectivity index (χ0) is 4.99. The molecule has 0 bridgehead atoms. The van der Waals surface area contributed by atoms with Crippen LogP contribution in [0, 0.1) is 0 Å². The fourth-order valence-corrected chi connectivity index (χ4v) is 3.46. The minimum Gasteiger partial charge on any atom is -0.0659 e. The lowest BCUT2D eigenvalue weighted by atomic mass is 10.4. The number of rotatable bonds is 2. The van der Waals surface area contributed by atoms with Gasteiger partial charge in [-0.1, -0.05) is 24.9 Å². The zero-order valence-electron chi connectivity index (χ0n) is 4.99. The second-order valence-corrected chi connectivity index (χ2v) is 5.15. The third-order valence-electron chi connectivity index (χ3n) is 0.866. The van der Waals surface area contributed by atoms with E-state index in [2.05, 4.69) is 6.92 Å². The first kappa shape index (κ1) is 6.43. The van der Waals surface area contributed by atoms with E-state index in [0.29, 0.717) is 0 Å². The quantitative estimate of drug-likeness (QED) is 0.422. The number of hydrogen-bond acceptors (Lipinski definition) is 0. The molecule has 0 saturated heterocycles. The third kappa shape index (κ3) is 4.43. The fourth-order valence-electron chi connectivity index (χ4n) is 0.577. The minimum atomic E-state index is 1.07. The maximum atomic E-state index is 2.34. The second kappa shape index (κ2) is 3.62. The number of hydrogen-bond donors (Lipinski definition) is 0. The molecule has 0 aromatic heterocycles. The first-order chi connectivity index (χ1) is 2.77. The van der Waals surface area contributed by atoms with E-state index in [1.54, 1.807) is 0 Å². The van der Waals surface area contributed by atoms with Crippen molar-refractivity contribution in [1.82, 2.24) is 0 Å². The van der Waals surface area contributed by atoms with Gasteiger partial charge in [-0.2, -0.15) is 0 Å². The molecule has 0 aromatic carbocycles. The van der Waals surface area contributed by atoms with Crippen LogP contribution >= 0.6 is 0 Å². The van der Waals surface area contributed by atoms with Gasteiger partial charge in [0.05, 0.1) is 0 Å². The molecule has 2 heteroatoms. The van der Waals surface area contributed by atoms with Gasteiger partial charge in [-0.25, -0.2) is 0 Å². The molecular formula is C4H14Si2. The van der Waals surface area contributed by atoms with E-state index >= 15 is 0 Å². The molecule has 38 valence electrons. The topological polar surface area (TPSA) is 0 Å². The Morgan fingerprint density at radius 2 is 2.17 bits per heavy atom. The summed E-state index contributed by atoms with van der Waals surface area (Å²) in [7, 11) is 2.81. The van der Waals surface area contributed by atoms with Crippen LogP contribution in [0.1, 0.15) is 13.3 Å². The Kier molecular flexibility index (Phi) is 3.88. The highest BCUT2D eigenvalue weighted by molar-refractivity contribution is 6.13. The molecule has 0 spiro atoms. The Balaban J connectivity index is 2.63. The van der Waals surface area contributed by atoms with Gasteiger partial charge < -0.3 is 0 Å². The molecule has 0 fully saturated rings. The summed E-state index contributed by atoms with van der Waals surface area (Å²) in [6.07, 6.45) is 1.50. The molecule has 0 heterocycles. The second-order valence-electron chi connectivity index (χ2n) is 2.18. The van der Waals surface area contributed by atoms with Crippen molar-refractivity contribution in [2.75, 3.05) is 0 Å². The maximum absolute atomic E-state index is 2.34. The maximum Gasteiger partial charge on any atom is 0.00636 e. The van der Waals surface area contributed by atoms with Gasteiger partial charge in [0.2, 0.25) is 0 Å². The van der Waals surface area contributed by atoms with Gasteiger partial charge in [0, 0.05) is 20.5 Å². The first-order valence-corrected chi connectivity index (χ1v) is 5.34. The Morgan fingerprint density at radius 3 is 2.17 bits per heavy atom. The van der Waals surface area contributed by atoms with E-state index in [0.717, 1.165) is 5.54 Å². The first-order valence-electron chi connectivity index (χ1n) is 2.77. The van der Waals surface area contributed by atoms with Gasteiger partial charge in [0.1, 0.15) is 0 Å². The minimum absolute atomic E-state index is 1.07. The molecule has 0 aliphatic heterocycles. The summed E-state index contributed by atoms with van der Waals surface area (Å²) < 4.78 is 0. The van der Waals surface area contributed by atoms with Gasteiger partial charge in [-0.3, -0.25) is 0 Å². The average Bonchev–Trinajstić information content (AvgIpc) is 1.35. The Morgan fingerprint density at radius 1 is 1.67 bits per heavy atom. The lowest BCUT2D eigenvalue weighted by molar-refractivity contribution is 0.878. The zero-order valence-corrected chi connectivity index (χ0v) is 8.99. The van der Waals surface area contributed by atoms with Crippen LogP contribution in [0.3, 0.4) is 0 Å². The Bertz CT molecular complexity index is 26.7. The molecule has 0 radical (unpaired) electrons. The Hall–Kier alpha value is 0.434. The molecule has 1 unspecified atom stereocenters. The largest absolute Gasteiger partial charge is 0.0659 e. The van der Waals surface area contributed by atoms with Crippen LogP contribution in [0.5, 0.6) is 0 Å². The molecular weight excluding hydrogens is 104 g/mol. The van der Waals surface area contributed by atoms with Gasteiger partial charge in [0.25, 0.3) is 0 Å². The highest BCUT2D eigenvalue weighted by Crippen LogP contribution is 2.03. The summed E-state index contributed by atoms with van der Waals surface area (Å²) in [5.41, 5.74) is 1.07. The molecule has 0 aliphatic rings. The van der Waals surface area contributed by atoms with Gasteiger partial charge in [-0.05, 0) is 0 Å². The molecule has 0 nitrogen and oxygen atoms in total. The molecule has 0 rings (SSSR count). The van der Waals surface area contributed by atoms with Crippen LogP contribution in [-0.4, -0.2) is 20.5 Å². The predicted octanol–water partition coefficient (Wildman–Crippen LogP) is -0.666. The van der Waals surface area contributed by atoms with E-state index in [9.17, 15) is 0 Å². The van der Waals surface area contributed by atoms with Gasteiger partial charge in [0.15, 0.2) is 0 Å². The van der Waals surface area contributed by atoms with Gasteiger partial charge in [-0.15, -0.1) is 0 Å². The molecule has 0 N–H and O–H groups in total. The predicted molar refractivity (Wildman–Crippen MR) is 38.7 cm³/mol. The average molecular weight is 118 g/mol. The standard InChI is InChI=1S/C4H14Si2/c1-4(6)2-3-5/h4H,2-3H2,1,5-6H3. The van der Waals surface area contributed by atoms with E-state index < -0.39 is 0 Å². The van der Waals surface area contributed by atoms with Crippen molar-refractivity contribution in [3.63, 3.8) is 0 Å². The lowest BCUT2D eigenvalue weighted by Gasteiger charge is -1.95.